The summed E-state index contributed by atoms with van der Waals surface area (Å²) in [6.45, 7) is 3.25. The lowest BCUT2D eigenvalue weighted by atomic mass is 10.2. The number of ether oxygens (including phenoxy) is 1. The van der Waals surface area contributed by atoms with E-state index in [1.807, 2.05) is 6.92 Å². The SMILES string of the molecule is COc1ccc(NC(=O)C(CS)NC(C)=O)cc1C. The molecule has 1 aromatic rings. The zero-order valence-electron chi connectivity index (χ0n) is 11.2. The summed E-state index contributed by atoms with van der Waals surface area (Å²) in [7, 11) is 1.59. The highest BCUT2D eigenvalue weighted by molar-refractivity contribution is 7.80. The molecule has 0 spiro atoms. The van der Waals surface area contributed by atoms with Crippen LogP contribution in [0.15, 0.2) is 18.2 Å². The van der Waals surface area contributed by atoms with Crippen molar-refractivity contribution in [3.05, 3.63) is 23.8 Å². The lowest BCUT2D eigenvalue weighted by molar-refractivity contribution is -0.124. The zero-order chi connectivity index (χ0) is 14.4. The van der Waals surface area contributed by atoms with Gasteiger partial charge in [0, 0.05) is 18.4 Å². The smallest absolute Gasteiger partial charge is 0.247 e. The van der Waals surface area contributed by atoms with Crippen molar-refractivity contribution in [2.75, 3.05) is 18.2 Å². The van der Waals surface area contributed by atoms with E-state index in [9.17, 15) is 9.59 Å². The Balaban J connectivity index is 2.75. The highest BCUT2D eigenvalue weighted by Crippen LogP contribution is 2.21. The number of methoxy groups -OCH3 is 1. The van der Waals surface area contributed by atoms with Crippen LogP contribution in [0.4, 0.5) is 5.69 Å². The fourth-order valence-corrected chi connectivity index (χ4v) is 1.88. The summed E-state index contributed by atoms with van der Waals surface area (Å²) >= 11 is 4.05. The van der Waals surface area contributed by atoms with Crippen molar-refractivity contribution in [1.82, 2.24) is 5.32 Å². The molecule has 0 heterocycles. The maximum Gasteiger partial charge on any atom is 0.247 e. The van der Waals surface area contributed by atoms with E-state index in [4.69, 9.17) is 4.74 Å². The largest absolute Gasteiger partial charge is 0.496 e. The number of carbonyl (C=O) groups excluding carboxylic acids is 2. The molecular weight excluding hydrogens is 264 g/mol. The van der Waals surface area contributed by atoms with Gasteiger partial charge < -0.3 is 15.4 Å². The molecule has 19 heavy (non-hydrogen) atoms. The number of anilines is 1. The van der Waals surface area contributed by atoms with Crippen LogP contribution in [-0.4, -0.2) is 30.7 Å². The van der Waals surface area contributed by atoms with Crippen molar-refractivity contribution in [3.8, 4) is 5.75 Å². The van der Waals surface area contributed by atoms with Gasteiger partial charge in [0.05, 0.1) is 7.11 Å². The van der Waals surface area contributed by atoms with Crippen molar-refractivity contribution in [2.24, 2.45) is 0 Å². The van der Waals surface area contributed by atoms with Crippen LogP contribution in [0, 0.1) is 6.92 Å². The Hall–Kier alpha value is -1.69. The van der Waals surface area contributed by atoms with Crippen LogP contribution < -0.4 is 15.4 Å². The second kappa shape index (κ2) is 7.04. The molecule has 0 aliphatic heterocycles. The lowest BCUT2D eigenvalue weighted by Gasteiger charge is -2.16. The van der Waals surface area contributed by atoms with E-state index in [2.05, 4.69) is 23.3 Å². The molecule has 1 aromatic carbocycles. The molecule has 0 aliphatic rings. The van der Waals surface area contributed by atoms with Crippen LogP contribution in [0.3, 0.4) is 0 Å². The number of carbonyl (C=O) groups is 2. The Labute approximate surface area is 118 Å². The quantitative estimate of drug-likeness (QED) is 0.715. The zero-order valence-corrected chi connectivity index (χ0v) is 12.1. The normalized spacial score (nSPS) is 11.6. The van der Waals surface area contributed by atoms with Crippen molar-refractivity contribution in [2.45, 2.75) is 19.9 Å². The van der Waals surface area contributed by atoms with Gasteiger partial charge in [0.1, 0.15) is 11.8 Å². The Morgan fingerprint density at radius 1 is 1.42 bits per heavy atom. The highest BCUT2D eigenvalue weighted by Gasteiger charge is 2.17. The van der Waals surface area contributed by atoms with Gasteiger partial charge in [-0.15, -0.1) is 0 Å². The summed E-state index contributed by atoms with van der Waals surface area (Å²) in [6, 6.07) is 4.68. The molecule has 0 bridgehead atoms. The first-order chi connectivity index (χ1) is 8.97. The standard InChI is InChI=1S/C13H18N2O3S/c1-8-6-10(4-5-12(8)18-3)15-13(17)11(7-19)14-9(2)16/h4-6,11,19H,7H2,1-3H3,(H,14,16)(H,15,17). The van der Waals surface area contributed by atoms with E-state index in [0.29, 0.717) is 5.69 Å². The number of rotatable bonds is 5. The number of hydrogen-bond acceptors (Lipinski definition) is 4. The molecule has 0 aliphatic carbocycles. The van der Waals surface area contributed by atoms with Gasteiger partial charge in [-0.3, -0.25) is 9.59 Å². The van der Waals surface area contributed by atoms with E-state index < -0.39 is 6.04 Å². The van der Waals surface area contributed by atoms with Crippen LogP contribution in [0.1, 0.15) is 12.5 Å². The second-order valence-corrected chi connectivity index (χ2v) is 4.47. The first-order valence-electron chi connectivity index (χ1n) is 5.81. The monoisotopic (exact) mass is 282 g/mol. The molecule has 0 radical (unpaired) electrons. The number of amides is 2. The minimum Gasteiger partial charge on any atom is -0.496 e. The number of aryl methyl sites for hydroxylation is 1. The predicted molar refractivity (Wildman–Crippen MR) is 77.8 cm³/mol. The molecule has 1 unspecified atom stereocenters. The average molecular weight is 282 g/mol. The van der Waals surface area contributed by atoms with E-state index >= 15 is 0 Å². The highest BCUT2D eigenvalue weighted by atomic mass is 32.1. The maximum absolute atomic E-state index is 11.9. The summed E-state index contributed by atoms with van der Waals surface area (Å²) in [5.74, 6) is 0.432. The van der Waals surface area contributed by atoms with Crippen LogP contribution in [0.2, 0.25) is 0 Å². The van der Waals surface area contributed by atoms with Gasteiger partial charge in [-0.05, 0) is 30.7 Å². The molecule has 0 saturated carbocycles. The first kappa shape index (κ1) is 15.4. The van der Waals surface area contributed by atoms with Crippen molar-refractivity contribution >= 4 is 30.1 Å². The molecule has 1 atom stereocenters. The van der Waals surface area contributed by atoms with Gasteiger partial charge in [0.15, 0.2) is 0 Å². The molecular formula is C13H18N2O3S. The number of hydrogen-bond donors (Lipinski definition) is 3. The summed E-state index contributed by atoms with van der Waals surface area (Å²) in [5.41, 5.74) is 1.57. The minimum atomic E-state index is -0.650. The molecule has 104 valence electrons. The third-order valence-corrected chi connectivity index (χ3v) is 2.90. The van der Waals surface area contributed by atoms with Crippen LogP contribution >= 0.6 is 12.6 Å². The predicted octanol–water partition coefficient (Wildman–Crippen LogP) is 1.38. The summed E-state index contributed by atoms with van der Waals surface area (Å²) < 4.78 is 5.14. The Bertz CT molecular complexity index is 477. The third kappa shape index (κ3) is 4.48. The Kier molecular flexibility index (Phi) is 5.69. The van der Waals surface area contributed by atoms with Gasteiger partial charge in [0.2, 0.25) is 11.8 Å². The van der Waals surface area contributed by atoms with Crippen molar-refractivity contribution in [1.29, 1.82) is 0 Å². The van der Waals surface area contributed by atoms with Crippen LogP contribution in [0.5, 0.6) is 5.75 Å². The molecule has 0 saturated heterocycles. The lowest BCUT2D eigenvalue weighted by Crippen LogP contribution is -2.44. The van der Waals surface area contributed by atoms with E-state index in [1.165, 1.54) is 6.92 Å². The first-order valence-corrected chi connectivity index (χ1v) is 6.44. The number of thiol groups is 1. The minimum absolute atomic E-state index is 0.237. The number of benzene rings is 1. The molecule has 6 heteroatoms. The van der Waals surface area contributed by atoms with Gasteiger partial charge in [-0.25, -0.2) is 0 Å². The summed E-state index contributed by atoms with van der Waals surface area (Å²) in [4.78, 5) is 22.9. The fourth-order valence-electron chi connectivity index (χ4n) is 1.63. The third-order valence-electron chi connectivity index (χ3n) is 2.54. The van der Waals surface area contributed by atoms with Crippen LogP contribution in [0.25, 0.3) is 0 Å². The molecule has 1 rings (SSSR count). The molecule has 2 N–H and O–H groups in total. The topological polar surface area (TPSA) is 67.4 Å². The summed E-state index contributed by atoms with van der Waals surface area (Å²) in [5, 5.41) is 5.27. The molecule has 2 amide bonds. The van der Waals surface area contributed by atoms with E-state index in [-0.39, 0.29) is 17.6 Å². The Morgan fingerprint density at radius 2 is 2.11 bits per heavy atom. The summed E-state index contributed by atoms with van der Waals surface area (Å²) in [6.07, 6.45) is 0. The maximum atomic E-state index is 11.9. The van der Waals surface area contributed by atoms with Gasteiger partial charge >= 0.3 is 0 Å². The number of nitrogens with one attached hydrogen (secondary N) is 2. The van der Waals surface area contributed by atoms with Gasteiger partial charge in [-0.2, -0.15) is 12.6 Å². The van der Waals surface area contributed by atoms with Gasteiger partial charge in [0.25, 0.3) is 0 Å². The Morgan fingerprint density at radius 3 is 2.58 bits per heavy atom. The average Bonchev–Trinajstić information content (AvgIpc) is 2.35. The van der Waals surface area contributed by atoms with Crippen molar-refractivity contribution < 1.29 is 14.3 Å². The fraction of sp³-hybridized carbons (Fsp3) is 0.385. The van der Waals surface area contributed by atoms with Gasteiger partial charge in [-0.1, -0.05) is 0 Å². The van der Waals surface area contributed by atoms with E-state index in [0.717, 1.165) is 11.3 Å². The second-order valence-electron chi connectivity index (χ2n) is 4.11. The molecule has 0 aromatic heterocycles. The molecule has 0 fully saturated rings. The van der Waals surface area contributed by atoms with Crippen molar-refractivity contribution in [3.63, 3.8) is 0 Å². The van der Waals surface area contributed by atoms with Crippen LogP contribution in [-0.2, 0) is 9.59 Å². The molecule has 5 nitrogen and oxygen atoms in total. The van der Waals surface area contributed by atoms with E-state index in [1.54, 1.807) is 25.3 Å².